The molecule has 0 spiro atoms. The van der Waals surface area contributed by atoms with Gasteiger partial charge in [0.15, 0.2) is 5.82 Å². The second-order valence-electron chi connectivity index (χ2n) is 7.37. The summed E-state index contributed by atoms with van der Waals surface area (Å²) in [5.74, 6) is 1.51. The van der Waals surface area contributed by atoms with Gasteiger partial charge in [0, 0.05) is 42.5 Å². The second kappa shape index (κ2) is 8.60. The molecule has 2 aromatic heterocycles. The number of fused-ring (bicyclic) bond motifs is 1. The Labute approximate surface area is 185 Å². The zero-order valence-corrected chi connectivity index (χ0v) is 17.6. The van der Waals surface area contributed by atoms with Crippen molar-refractivity contribution in [2.24, 2.45) is 5.10 Å². The van der Waals surface area contributed by atoms with E-state index in [1.54, 1.807) is 5.01 Å². The highest BCUT2D eigenvalue weighted by Gasteiger charge is 2.22. The van der Waals surface area contributed by atoms with Crippen LogP contribution in [0.15, 0.2) is 72.5 Å². The number of anilines is 2. The maximum atomic E-state index is 5.51. The fraction of sp³-hybridized carbons (Fsp3) is 0.167. The summed E-state index contributed by atoms with van der Waals surface area (Å²) in [4.78, 5) is 19.7. The largest absolute Gasteiger partial charge is 0.378 e. The number of rotatable bonds is 6. The van der Waals surface area contributed by atoms with Crippen LogP contribution in [0.25, 0.3) is 28.0 Å². The third kappa shape index (κ3) is 3.72. The molecule has 4 aromatic rings. The van der Waals surface area contributed by atoms with Gasteiger partial charge in [-0.2, -0.15) is 25.1 Å². The van der Waals surface area contributed by atoms with E-state index in [-0.39, 0.29) is 0 Å². The lowest BCUT2D eigenvalue weighted by molar-refractivity contribution is 0.122. The topological polar surface area (TPSA) is 82.5 Å². The summed E-state index contributed by atoms with van der Waals surface area (Å²) >= 11 is 0. The molecule has 0 bridgehead atoms. The Bertz CT molecular complexity index is 1260. The van der Waals surface area contributed by atoms with Gasteiger partial charge in [-0.3, -0.25) is 0 Å². The van der Waals surface area contributed by atoms with Crippen molar-refractivity contribution in [3.63, 3.8) is 0 Å². The SMILES string of the molecule is C=NN(C(=C)c1ccccc1)c1nc(-c2cccc3[nH]ccc23)nc(N2CCOCC2)n1. The highest BCUT2D eigenvalue weighted by molar-refractivity contribution is 5.93. The minimum absolute atomic E-state index is 0.368. The number of aromatic amines is 1. The van der Waals surface area contributed by atoms with Crippen molar-refractivity contribution < 1.29 is 4.74 Å². The van der Waals surface area contributed by atoms with Crippen LogP contribution in [0.3, 0.4) is 0 Å². The molecule has 0 saturated carbocycles. The van der Waals surface area contributed by atoms with Crippen LogP contribution < -0.4 is 9.91 Å². The second-order valence-corrected chi connectivity index (χ2v) is 7.37. The smallest absolute Gasteiger partial charge is 0.256 e. The van der Waals surface area contributed by atoms with Crippen molar-refractivity contribution >= 4 is 35.2 Å². The predicted molar refractivity (Wildman–Crippen MR) is 128 cm³/mol. The lowest BCUT2D eigenvalue weighted by Gasteiger charge is -2.28. The first-order chi connectivity index (χ1) is 15.7. The van der Waals surface area contributed by atoms with E-state index < -0.39 is 0 Å². The summed E-state index contributed by atoms with van der Waals surface area (Å²) in [7, 11) is 0. The van der Waals surface area contributed by atoms with Crippen molar-refractivity contribution in [2.75, 3.05) is 36.2 Å². The molecule has 0 radical (unpaired) electrons. The van der Waals surface area contributed by atoms with Crippen LogP contribution in [0.4, 0.5) is 11.9 Å². The van der Waals surface area contributed by atoms with Crippen LogP contribution in [0.5, 0.6) is 0 Å². The Balaban J connectivity index is 1.64. The summed E-state index contributed by atoms with van der Waals surface area (Å²) in [5.41, 5.74) is 3.47. The summed E-state index contributed by atoms with van der Waals surface area (Å²) in [6.07, 6.45) is 1.91. The molecule has 1 aliphatic heterocycles. The molecule has 0 unspecified atom stereocenters. The van der Waals surface area contributed by atoms with Gasteiger partial charge in [0.2, 0.25) is 5.95 Å². The molecule has 0 amide bonds. The first kappa shape index (κ1) is 19.9. The van der Waals surface area contributed by atoms with E-state index in [4.69, 9.17) is 19.7 Å². The van der Waals surface area contributed by atoms with Crippen LogP contribution in [-0.4, -0.2) is 53.0 Å². The maximum Gasteiger partial charge on any atom is 0.256 e. The zero-order chi connectivity index (χ0) is 21.9. The van der Waals surface area contributed by atoms with Gasteiger partial charge in [-0.15, -0.1) is 0 Å². The number of hydrogen-bond donors (Lipinski definition) is 1. The first-order valence-corrected chi connectivity index (χ1v) is 10.4. The van der Waals surface area contributed by atoms with Crippen molar-refractivity contribution in [1.29, 1.82) is 0 Å². The van der Waals surface area contributed by atoms with Crippen LogP contribution >= 0.6 is 0 Å². The molecule has 1 saturated heterocycles. The van der Waals surface area contributed by atoms with Crippen molar-refractivity contribution in [3.05, 3.63) is 72.9 Å². The van der Waals surface area contributed by atoms with Crippen molar-refractivity contribution in [3.8, 4) is 11.4 Å². The molecule has 3 heterocycles. The zero-order valence-electron chi connectivity index (χ0n) is 17.6. The third-order valence-electron chi connectivity index (χ3n) is 5.44. The normalized spacial score (nSPS) is 13.8. The Morgan fingerprint density at radius 2 is 1.81 bits per heavy atom. The average Bonchev–Trinajstić information content (AvgIpc) is 3.34. The van der Waals surface area contributed by atoms with Gasteiger partial charge in [0.1, 0.15) is 0 Å². The van der Waals surface area contributed by atoms with Gasteiger partial charge in [-0.05, 0) is 17.7 Å². The molecule has 160 valence electrons. The van der Waals surface area contributed by atoms with Crippen LogP contribution in [0, 0.1) is 0 Å². The number of morpholine rings is 1. The maximum absolute atomic E-state index is 5.51. The lowest BCUT2D eigenvalue weighted by atomic mass is 10.1. The Hall–Kier alpha value is -4.04. The molecule has 0 aliphatic carbocycles. The van der Waals surface area contributed by atoms with Gasteiger partial charge in [0.25, 0.3) is 5.95 Å². The molecular formula is C24H23N7O. The molecule has 1 N–H and O–H groups in total. The van der Waals surface area contributed by atoms with Gasteiger partial charge >= 0.3 is 0 Å². The number of aromatic nitrogens is 4. The van der Waals surface area contributed by atoms with E-state index in [0.717, 1.165) is 22.0 Å². The number of hydrazone groups is 1. The molecule has 0 atom stereocenters. The first-order valence-electron chi connectivity index (χ1n) is 10.4. The number of nitrogens with one attached hydrogen (secondary N) is 1. The summed E-state index contributed by atoms with van der Waals surface area (Å²) in [6.45, 7) is 10.6. The predicted octanol–water partition coefficient (Wildman–Crippen LogP) is 3.95. The summed E-state index contributed by atoms with van der Waals surface area (Å²) in [5, 5.41) is 6.79. The quantitative estimate of drug-likeness (QED) is 0.372. The van der Waals surface area contributed by atoms with E-state index in [9.17, 15) is 0 Å². The molecule has 2 aromatic carbocycles. The minimum Gasteiger partial charge on any atom is -0.378 e. The summed E-state index contributed by atoms with van der Waals surface area (Å²) < 4.78 is 5.51. The number of nitrogens with zero attached hydrogens (tertiary/aromatic N) is 6. The van der Waals surface area contributed by atoms with E-state index >= 15 is 0 Å². The van der Waals surface area contributed by atoms with Crippen molar-refractivity contribution in [1.82, 2.24) is 19.9 Å². The number of hydrogen-bond acceptors (Lipinski definition) is 7. The Kier molecular flexibility index (Phi) is 5.35. The van der Waals surface area contributed by atoms with Crippen LogP contribution in [0.2, 0.25) is 0 Å². The Morgan fingerprint density at radius 1 is 1.00 bits per heavy atom. The monoisotopic (exact) mass is 425 g/mol. The average molecular weight is 425 g/mol. The highest BCUT2D eigenvalue weighted by atomic mass is 16.5. The molecule has 1 aliphatic rings. The number of H-pyrrole nitrogens is 1. The number of ether oxygens (including phenoxy) is 1. The lowest BCUT2D eigenvalue weighted by Crippen LogP contribution is -2.37. The van der Waals surface area contributed by atoms with E-state index in [1.807, 2.05) is 60.8 Å². The molecule has 1 fully saturated rings. The van der Waals surface area contributed by atoms with Crippen molar-refractivity contribution in [2.45, 2.75) is 0 Å². The molecule has 8 nitrogen and oxygen atoms in total. The van der Waals surface area contributed by atoms with Gasteiger partial charge in [-0.25, -0.2) is 0 Å². The minimum atomic E-state index is 0.368. The molecular weight excluding hydrogens is 402 g/mol. The van der Waals surface area contributed by atoms with Crippen LogP contribution in [0.1, 0.15) is 5.56 Å². The summed E-state index contributed by atoms with van der Waals surface area (Å²) in [6, 6.07) is 17.8. The third-order valence-corrected chi connectivity index (χ3v) is 5.44. The molecule has 8 heteroatoms. The van der Waals surface area contributed by atoms with E-state index in [1.165, 1.54) is 0 Å². The van der Waals surface area contributed by atoms with Gasteiger partial charge in [0.05, 0.1) is 18.9 Å². The van der Waals surface area contributed by atoms with Gasteiger partial charge in [-0.1, -0.05) is 49.0 Å². The molecule has 5 rings (SSSR count). The fourth-order valence-electron chi connectivity index (χ4n) is 3.78. The standard InChI is InChI=1S/C24H23N7O/c1-17(18-7-4-3-5-8-18)31(25-2)24-28-22(20-9-6-10-21-19(20)11-12-26-21)27-23(29-24)30-13-15-32-16-14-30/h3-12,26H,1-2,13-16H2. The van der Waals surface area contributed by atoms with E-state index in [2.05, 4.69) is 28.3 Å². The van der Waals surface area contributed by atoms with Crippen LogP contribution in [-0.2, 0) is 4.74 Å². The fourth-order valence-corrected chi connectivity index (χ4v) is 3.78. The molecule has 32 heavy (non-hydrogen) atoms. The van der Waals surface area contributed by atoms with E-state index in [0.29, 0.717) is 49.7 Å². The highest BCUT2D eigenvalue weighted by Crippen LogP contribution is 2.30. The number of benzene rings is 2. The Morgan fingerprint density at radius 3 is 2.59 bits per heavy atom. The van der Waals surface area contributed by atoms with Gasteiger partial charge < -0.3 is 14.6 Å².